The lowest BCUT2D eigenvalue weighted by Gasteiger charge is -2.09. The van der Waals surface area contributed by atoms with Gasteiger partial charge in [-0.3, -0.25) is 4.79 Å². The van der Waals surface area contributed by atoms with Crippen LogP contribution in [0.2, 0.25) is 5.02 Å². The summed E-state index contributed by atoms with van der Waals surface area (Å²) in [5.41, 5.74) is -0.0243. The van der Waals surface area contributed by atoms with Crippen molar-refractivity contribution in [1.29, 1.82) is 0 Å². The first-order chi connectivity index (χ1) is 11.0. The number of nitrogen functional groups attached to an aromatic ring is 1. The lowest BCUT2D eigenvalue weighted by atomic mass is 10.2. The molecule has 2 N–H and O–H groups in total. The zero-order chi connectivity index (χ0) is 16.6. The fourth-order valence-electron chi connectivity index (χ4n) is 2.06. The predicted octanol–water partition coefficient (Wildman–Crippen LogP) is 3.33. The van der Waals surface area contributed by atoms with Gasteiger partial charge in [-0.1, -0.05) is 29.4 Å². The Morgan fingerprint density at radius 2 is 2.04 bits per heavy atom. The van der Waals surface area contributed by atoms with Gasteiger partial charge in [0, 0.05) is 22.4 Å². The number of hydrogen-bond donors (Lipinski definition) is 1. The molecular weight excluding hydrogens is 344 g/mol. The van der Waals surface area contributed by atoms with E-state index in [1.165, 1.54) is 18.2 Å². The van der Waals surface area contributed by atoms with Crippen LogP contribution in [0.15, 0.2) is 46.3 Å². The van der Waals surface area contributed by atoms with Gasteiger partial charge in [-0.15, -0.1) is 0 Å². The number of nitrogens with zero attached hydrogens (tertiary/aromatic N) is 2. The molecule has 0 bridgehead atoms. The van der Waals surface area contributed by atoms with Gasteiger partial charge in [0.05, 0.1) is 10.9 Å². The Bertz CT molecular complexity index is 941. The molecule has 0 aliphatic rings. The van der Waals surface area contributed by atoms with Gasteiger partial charge in [-0.05, 0) is 24.3 Å². The van der Waals surface area contributed by atoms with Crippen LogP contribution in [0.3, 0.4) is 0 Å². The maximum absolute atomic E-state index is 13.8. The van der Waals surface area contributed by atoms with Crippen molar-refractivity contribution < 1.29 is 8.78 Å². The summed E-state index contributed by atoms with van der Waals surface area (Å²) in [4.78, 5) is 16.3. The van der Waals surface area contributed by atoms with Gasteiger partial charge in [-0.2, -0.15) is 0 Å². The first-order valence-corrected chi connectivity index (χ1v) is 7.87. The van der Waals surface area contributed by atoms with Crippen LogP contribution in [0.4, 0.5) is 8.78 Å². The Labute approximate surface area is 138 Å². The smallest absolute Gasteiger partial charge is 0.280 e. The van der Waals surface area contributed by atoms with E-state index in [2.05, 4.69) is 4.98 Å². The molecule has 0 saturated carbocycles. The Balaban J connectivity index is 2.00. The van der Waals surface area contributed by atoms with Crippen molar-refractivity contribution >= 4 is 34.3 Å². The molecule has 3 rings (SSSR count). The lowest BCUT2D eigenvalue weighted by molar-refractivity contribution is 0.617. The van der Waals surface area contributed by atoms with Crippen LogP contribution in [0.25, 0.3) is 10.9 Å². The zero-order valence-electron chi connectivity index (χ0n) is 11.6. The monoisotopic (exact) mass is 353 g/mol. The second-order valence-electron chi connectivity index (χ2n) is 4.72. The number of aromatic nitrogens is 2. The van der Waals surface area contributed by atoms with E-state index < -0.39 is 17.2 Å². The number of nitrogens with two attached hydrogens (primary N) is 1. The topological polar surface area (TPSA) is 60.9 Å². The molecule has 3 aromatic rings. The standard InChI is InChI=1S/C15H10ClF2N3OS/c16-11-2-1-3-12(18)10(11)7-23-15-20-13-6-8(17)4-5-9(13)14(22)21(15)19/h1-6H,7,19H2. The predicted molar refractivity (Wildman–Crippen MR) is 87.1 cm³/mol. The molecule has 0 aliphatic heterocycles. The van der Waals surface area contributed by atoms with Gasteiger partial charge in [-0.25, -0.2) is 18.4 Å². The third kappa shape index (κ3) is 3.02. The van der Waals surface area contributed by atoms with Crippen LogP contribution in [0, 0.1) is 11.6 Å². The first-order valence-electron chi connectivity index (χ1n) is 6.50. The van der Waals surface area contributed by atoms with E-state index in [9.17, 15) is 13.6 Å². The van der Waals surface area contributed by atoms with Crippen molar-refractivity contribution in [1.82, 2.24) is 9.66 Å². The van der Waals surface area contributed by atoms with E-state index in [1.807, 2.05) is 0 Å². The molecule has 2 aromatic carbocycles. The average molecular weight is 354 g/mol. The summed E-state index contributed by atoms with van der Waals surface area (Å²) in [7, 11) is 0. The number of halogens is 3. The van der Waals surface area contributed by atoms with Crippen molar-refractivity contribution in [2.75, 3.05) is 5.84 Å². The summed E-state index contributed by atoms with van der Waals surface area (Å²) in [6.07, 6.45) is 0. The van der Waals surface area contributed by atoms with Crippen molar-refractivity contribution in [3.8, 4) is 0 Å². The molecular formula is C15H10ClF2N3OS. The summed E-state index contributed by atoms with van der Waals surface area (Å²) in [6.45, 7) is 0. The number of rotatable bonds is 3. The highest BCUT2D eigenvalue weighted by Gasteiger charge is 2.13. The van der Waals surface area contributed by atoms with E-state index in [1.54, 1.807) is 6.07 Å². The number of fused-ring (bicyclic) bond motifs is 1. The molecule has 0 unspecified atom stereocenters. The highest BCUT2D eigenvalue weighted by Crippen LogP contribution is 2.27. The van der Waals surface area contributed by atoms with Crippen LogP contribution >= 0.6 is 23.4 Å². The van der Waals surface area contributed by atoms with E-state index in [4.69, 9.17) is 17.4 Å². The van der Waals surface area contributed by atoms with Gasteiger partial charge in [0.15, 0.2) is 5.16 Å². The Kier molecular flexibility index (Phi) is 4.23. The van der Waals surface area contributed by atoms with Crippen LogP contribution in [0.5, 0.6) is 0 Å². The molecule has 1 heterocycles. The van der Waals surface area contributed by atoms with E-state index >= 15 is 0 Å². The van der Waals surface area contributed by atoms with Gasteiger partial charge >= 0.3 is 0 Å². The minimum absolute atomic E-state index is 0.135. The highest BCUT2D eigenvalue weighted by atomic mass is 35.5. The molecule has 0 radical (unpaired) electrons. The first kappa shape index (κ1) is 15.8. The second kappa shape index (κ2) is 6.17. The average Bonchev–Trinajstić information content (AvgIpc) is 2.51. The number of thioether (sulfide) groups is 1. The molecule has 0 fully saturated rings. The zero-order valence-corrected chi connectivity index (χ0v) is 13.2. The molecule has 0 spiro atoms. The SMILES string of the molecule is Nn1c(SCc2c(F)cccc2Cl)nc2cc(F)ccc2c1=O. The molecule has 0 amide bonds. The van der Waals surface area contributed by atoms with Crippen molar-refractivity contribution in [2.24, 2.45) is 0 Å². The van der Waals surface area contributed by atoms with Crippen LogP contribution < -0.4 is 11.4 Å². The third-order valence-corrected chi connectivity index (χ3v) is 4.57. The molecule has 8 heteroatoms. The fraction of sp³-hybridized carbons (Fsp3) is 0.0667. The van der Waals surface area contributed by atoms with Gasteiger partial charge in [0.2, 0.25) is 0 Å². The van der Waals surface area contributed by atoms with E-state index in [0.29, 0.717) is 0 Å². The van der Waals surface area contributed by atoms with Crippen LogP contribution in [-0.2, 0) is 5.75 Å². The maximum atomic E-state index is 13.8. The normalized spacial score (nSPS) is 11.1. The lowest BCUT2D eigenvalue weighted by Crippen LogP contribution is -2.29. The van der Waals surface area contributed by atoms with Gasteiger partial charge < -0.3 is 5.84 Å². The van der Waals surface area contributed by atoms with E-state index in [-0.39, 0.29) is 32.4 Å². The van der Waals surface area contributed by atoms with Crippen LogP contribution in [0.1, 0.15) is 5.56 Å². The molecule has 1 aromatic heterocycles. The third-order valence-electron chi connectivity index (χ3n) is 3.24. The van der Waals surface area contributed by atoms with Crippen molar-refractivity contribution in [3.63, 3.8) is 0 Å². The summed E-state index contributed by atoms with van der Waals surface area (Å²) >= 11 is 7.00. The molecule has 4 nitrogen and oxygen atoms in total. The summed E-state index contributed by atoms with van der Waals surface area (Å²) < 4.78 is 27.9. The Morgan fingerprint density at radius 1 is 1.26 bits per heavy atom. The minimum Gasteiger partial charge on any atom is -0.334 e. The van der Waals surface area contributed by atoms with E-state index in [0.717, 1.165) is 28.6 Å². The number of benzene rings is 2. The fourth-order valence-corrected chi connectivity index (χ4v) is 3.32. The Hall–Kier alpha value is -2.12. The molecule has 118 valence electrons. The molecule has 0 saturated heterocycles. The van der Waals surface area contributed by atoms with Gasteiger partial charge in [0.25, 0.3) is 5.56 Å². The summed E-state index contributed by atoms with van der Waals surface area (Å²) in [5, 5.41) is 0.629. The van der Waals surface area contributed by atoms with Crippen molar-refractivity contribution in [3.05, 3.63) is 69.0 Å². The largest absolute Gasteiger partial charge is 0.334 e. The second-order valence-corrected chi connectivity index (χ2v) is 6.07. The minimum atomic E-state index is -0.507. The summed E-state index contributed by atoms with van der Waals surface area (Å²) in [5.74, 6) is 4.90. The summed E-state index contributed by atoms with van der Waals surface area (Å²) in [6, 6.07) is 8.00. The molecule has 23 heavy (non-hydrogen) atoms. The van der Waals surface area contributed by atoms with Gasteiger partial charge in [0.1, 0.15) is 11.6 Å². The van der Waals surface area contributed by atoms with Crippen LogP contribution in [-0.4, -0.2) is 9.66 Å². The molecule has 0 atom stereocenters. The van der Waals surface area contributed by atoms with Crippen molar-refractivity contribution in [2.45, 2.75) is 10.9 Å². The highest BCUT2D eigenvalue weighted by molar-refractivity contribution is 7.98. The quantitative estimate of drug-likeness (QED) is 0.445. The maximum Gasteiger partial charge on any atom is 0.280 e. The molecule has 0 aliphatic carbocycles. The Morgan fingerprint density at radius 3 is 2.78 bits per heavy atom. The number of hydrogen-bond acceptors (Lipinski definition) is 4.